The Morgan fingerprint density at radius 1 is 1.12 bits per heavy atom. The molecule has 1 aliphatic heterocycles. The molecule has 1 aliphatic carbocycles. The van der Waals surface area contributed by atoms with E-state index >= 15 is 0 Å². The van der Waals surface area contributed by atoms with Crippen LogP contribution in [-0.2, 0) is 0 Å². The maximum absolute atomic E-state index is 13.2. The molecular formula is C23H26F2N6O3. The van der Waals surface area contributed by atoms with Gasteiger partial charge in [0.25, 0.3) is 5.91 Å². The lowest BCUT2D eigenvalue weighted by molar-refractivity contribution is -0.0502. The lowest BCUT2D eigenvalue weighted by Gasteiger charge is -2.33. The molecule has 11 heteroatoms. The number of alkyl halides is 2. The van der Waals surface area contributed by atoms with Crippen LogP contribution in [0, 0.1) is 0 Å². The second kappa shape index (κ2) is 9.05. The largest absolute Gasteiger partial charge is 0.496 e. The molecule has 1 N–H and O–H groups in total. The van der Waals surface area contributed by atoms with Gasteiger partial charge in [0, 0.05) is 43.9 Å². The van der Waals surface area contributed by atoms with Crippen LogP contribution in [0.3, 0.4) is 0 Å². The van der Waals surface area contributed by atoms with Crippen molar-refractivity contribution in [1.29, 1.82) is 0 Å². The van der Waals surface area contributed by atoms with Crippen molar-refractivity contribution in [3.05, 3.63) is 36.2 Å². The molecule has 5 rings (SSSR count). The lowest BCUT2D eigenvalue weighted by Crippen LogP contribution is -2.44. The maximum Gasteiger partial charge on any atom is 0.387 e. The number of rotatable bonds is 7. The van der Waals surface area contributed by atoms with Gasteiger partial charge in [0.1, 0.15) is 17.1 Å². The smallest absolute Gasteiger partial charge is 0.387 e. The minimum atomic E-state index is -3.10. The van der Waals surface area contributed by atoms with Crippen molar-refractivity contribution in [3.63, 3.8) is 0 Å². The van der Waals surface area contributed by atoms with E-state index < -0.39 is 12.5 Å². The second-order valence-corrected chi connectivity index (χ2v) is 8.60. The van der Waals surface area contributed by atoms with Crippen LogP contribution in [0.1, 0.15) is 23.2 Å². The molecule has 0 spiro atoms. The summed E-state index contributed by atoms with van der Waals surface area (Å²) in [6.07, 6.45) is 5.11. The summed E-state index contributed by atoms with van der Waals surface area (Å²) < 4.78 is 38.2. The Morgan fingerprint density at radius 3 is 2.53 bits per heavy atom. The summed E-state index contributed by atoms with van der Waals surface area (Å²) in [5, 5.41) is 7.35. The summed E-state index contributed by atoms with van der Waals surface area (Å²) >= 11 is 0. The first kappa shape index (κ1) is 22.3. The van der Waals surface area contributed by atoms with Gasteiger partial charge in [-0.05, 0) is 32.0 Å². The molecule has 3 heterocycles. The number of piperazine rings is 1. The third-order valence-electron chi connectivity index (χ3n) is 6.15. The van der Waals surface area contributed by atoms with E-state index in [9.17, 15) is 13.6 Å². The topological polar surface area (TPSA) is 84.2 Å². The maximum atomic E-state index is 13.2. The monoisotopic (exact) mass is 472 g/mol. The Balaban J connectivity index is 1.52. The van der Waals surface area contributed by atoms with Crippen molar-refractivity contribution < 1.29 is 23.0 Å². The van der Waals surface area contributed by atoms with Gasteiger partial charge in [-0.25, -0.2) is 9.50 Å². The number of likely N-dealkylation sites (N-methyl/N-ethyl adjacent to an activating group) is 1. The molecule has 0 bridgehead atoms. The molecule has 2 aliphatic rings. The minimum Gasteiger partial charge on any atom is -0.496 e. The van der Waals surface area contributed by atoms with Gasteiger partial charge in [-0.3, -0.25) is 4.79 Å². The third-order valence-corrected chi connectivity index (χ3v) is 6.15. The number of halogens is 2. The number of hydrogen-bond donors (Lipinski definition) is 1. The zero-order chi connectivity index (χ0) is 23.8. The number of fused-ring (bicyclic) bond motifs is 1. The van der Waals surface area contributed by atoms with Gasteiger partial charge >= 0.3 is 6.61 Å². The molecule has 1 aromatic carbocycles. The van der Waals surface area contributed by atoms with E-state index in [0.717, 1.165) is 44.7 Å². The molecule has 1 amide bonds. The Bertz CT molecular complexity index is 1200. The van der Waals surface area contributed by atoms with E-state index in [4.69, 9.17) is 9.47 Å². The van der Waals surface area contributed by atoms with Gasteiger partial charge in [0.15, 0.2) is 5.65 Å². The standard InChI is InChI=1S/C23H26F2N6O3/c1-29-5-7-30(8-6-29)16-11-20-26-13-17(31(20)27-12-16)14-9-18(33-2)21(19(10-14)34-23(24)25)22(32)28-15-3-4-15/h9-13,15,23H,3-8H2,1-2H3,(H,28,32). The van der Waals surface area contributed by atoms with Gasteiger partial charge < -0.3 is 24.6 Å². The van der Waals surface area contributed by atoms with Crippen LogP contribution in [0.5, 0.6) is 11.5 Å². The number of ether oxygens (including phenoxy) is 2. The highest BCUT2D eigenvalue weighted by Gasteiger charge is 2.29. The Morgan fingerprint density at radius 2 is 1.85 bits per heavy atom. The highest BCUT2D eigenvalue weighted by molar-refractivity contribution is 6.01. The third kappa shape index (κ3) is 4.47. The van der Waals surface area contributed by atoms with Gasteiger partial charge in [-0.1, -0.05) is 0 Å². The van der Waals surface area contributed by atoms with Crippen molar-refractivity contribution >= 4 is 17.2 Å². The van der Waals surface area contributed by atoms with Crippen LogP contribution in [0.15, 0.2) is 30.6 Å². The van der Waals surface area contributed by atoms with E-state index in [1.165, 1.54) is 13.2 Å². The van der Waals surface area contributed by atoms with Gasteiger partial charge in [-0.2, -0.15) is 13.9 Å². The first-order valence-electron chi connectivity index (χ1n) is 11.2. The molecule has 2 fully saturated rings. The van der Waals surface area contributed by atoms with Crippen molar-refractivity contribution in [2.75, 3.05) is 45.2 Å². The normalized spacial score (nSPS) is 16.8. The number of methoxy groups -OCH3 is 1. The van der Waals surface area contributed by atoms with Crippen LogP contribution >= 0.6 is 0 Å². The van der Waals surface area contributed by atoms with E-state index in [1.54, 1.807) is 23.0 Å². The van der Waals surface area contributed by atoms with Gasteiger partial charge in [0.05, 0.1) is 30.9 Å². The number of imidazole rings is 1. The number of benzene rings is 1. The van der Waals surface area contributed by atoms with Crippen molar-refractivity contribution in [2.24, 2.45) is 0 Å². The van der Waals surface area contributed by atoms with Crippen molar-refractivity contribution in [2.45, 2.75) is 25.5 Å². The van der Waals surface area contributed by atoms with Crippen LogP contribution in [0.25, 0.3) is 16.9 Å². The van der Waals surface area contributed by atoms with Crippen LogP contribution in [0.4, 0.5) is 14.5 Å². The molecule has 1 saturated carbocycles. The minimum absolute atomic E-state index is 0.0498. The molecule has 34 heavy (non-hydrogen) atoms. The number of carbonyl (C=O) groups excluding carboxylic acids is 1. The molecule has 180 valence electrons. The molecule has 9 nitrogen and oxygen atoms in total. The van der Waals surface area contributed by atoms with Crippen molar-refractivity contribution in [3.8, 4) is 22.8 Å². The number of carbonyl (C=O) groups is 1. The molecule has 1 saturated heterocycles. The number of nitrogens with one attached hydrogen (secondary N) is 1. The van der Waals surface area contributed by atoms with Crippen LogP contribution in [-0.4, -0.2) is 78.4 Å². The van der Waals surface area contributed by atoms with Gasteiger partial charge in [-0.15, -0.1) is 0 Å². The molecule has 0 unspecified atom stereocenters. The highest BCUT2D eigenvalue weighted by atomic mass is 19.3. The Hall–Kier alpha value is -3.47. The Kier molecular flexibility index (Phi) is 5.94. The average molecular weight is 472 g/mol. The molecule has 0 atom stereocenters. The van der Waals surface area contributed by atoms with E-state index in [1.807, 2.05) is 6.07 Å². The van der Waals surface area contributed by atoms with Crippen LogP contribution in [0.2, 0.25) is 0 Å². The number of hydrogen-bond acceptors (Lipinski definition) is 7. The fourth-order valence-corrected chi connectivity index (χ4v) is 4.10. The summed E-state index contributed by atoms with van der Waals surface area (Å²) in [6.45, 7) is 0.644. The number of aromatic nitrogens is 3. The zero-order valence-corrected chi connectivity index (χ0v) is 19.0. The number of amides is 1. The lowest BCUT2D eigenvalue weighted by atomic mass is 10.1. The fraction of sp³-hybridized carbons (Fsp3) is 0.435. The first-order valence-corrected chi connectivity index (χ1v) is 11.2. The molecule has 3 aromatic rings. The van der Waals surface area contributed by atoms with E-state index in [-0.39, 0.29) is 23.1 Å². The van der Waals surface area contributed by atoms with Crippen LogP contribution < -0.4 is 19.7 Å². The summed E-state index contributed by atoms with van der Waals surface area (Å²) in [5.41, 5.74) is 2.59. The summed E-state index contributed by atoms with van der Waals surface area (Å²) in [6, 6.07) is 5.01. The quantitative estimate of drug-likeness (QED) is 0.566. The molecule has 0 radical (unpaired) electrons. The Labute approximate surface area is 195 Å². The number of nitrogens with zero attached hydrogens (tertiary/aromatic N) is 5. The van der Waals surface area contributed by atoms with Gasteiger partial charge in [0.2, 0.25) is 0 Å². The summed E-state index contributed by atoms with van der Waals surface area (Å²) in [4.78, 5) is 21.7. The SMILES string of the molecule is COc1cc(-c2cnc3cc(N4CCN(C)CC4)cnn23)cc(OC(F)F)c1C(=O)NC1CC1. The van der Waals surface area contributed by atoms with Crippen molar-refractivity contribution in [1.82, 2.24) is 24.8 Å². The van der Waals surface area contributed by atoms with E-state index in [2.05, 4.69) is 32.2 Å². The number of anilines is 1. The molecular weight excluding hydrogens is 446 g/mol. The summed E-state index contributed by atoms with van der Waals surface area (Å²) in [7, 11) is 3.48. The second-order valence-electron chi connectivity index (χ2n) is 8.60. The predicted molar refractivity (Wildman–Crippen MR) is 122 cm³/mol. The fourth-order valence-electron chi connectivity index (χ4n) is 4.10. The first-order chi connectivity index (χ1) is 16.4. The zero-order valence-electron chi connectivity index (χ0n) is 19.0. The van der Waals surface area contributed by atoms with E-state index in [0.29, 0.717) is 16.9 Å². The predicted octanol–water partition coefficient (Wildman–Crippen LogP) is 2.65. The summed E-state index contributed by atoms with van der Waals surface area (Å²) in [5.74, 6) is -0.628. The highest BCUT2D eigenvalue weighted by Crippen LogP contribution is 2.37. The molecule has 2 aromatic heterocycles. The average Bonchev–Trinajstić information content (AvgIpc) is 3.53.